The highest BCUT2D eigenvalue weighted by atomic mass is 32.1. The minimum absolute atomic E-state index is 0.0858. The highest BCUT2D eigenvalue weighted by Crippen LogP contribution is 2.41. The van der Waals surface area contributed by atoms with Crippen molar-refractivity contribution >= 4 is 60.0 Å². The van der Waals surface area contributed by atoms with E-state index in [0.29, 0.717) is 139 Å². The largest absolute Gasteiger partial charge is 0.487 e. The van der Waals surface area contributed by atoms with Crippen LogP contribution < -0.4 is 14.8 Å². The molecule has 0 aliphatic carbocycles. The number of aromatic amines is 1. The molecular formula is C51H74N6O11S. The van der Waals surface area contributed by atoms with E-state index in [4.69, 9.17) is 62.6 Å². The molecule has 1 aromatic heterocycles. The van der Waals surface area contributed by atoms with Crippen molar-refractivity contribution in [3.05, 3.63) is 62.6 Å². The Labute approximate surface area is 413 Å². The maximum atomic E-state index is 12.2. The number of carbonyl (C=O) groups is 1. The SMILES string of the molecule is CCc1c2[nH]c(c1CC)CC1N=C(C=Nc3cc(OCCOCCOCCOC)c(OCCOCCOCCOC)cc3N=CC3=N/C(=C\2)C(CCCNC(=O)OCCS)=C3C)C(C)=C1CCCO. The van der Waals surface area contributed by atoms with Crippen molar-refractivity contribution < 1.29 is 52.5 Å². The lowest BCUT2D eigenvalue weighted by molar-refractivity contribution is 0.0160. The number of aromatic nitrogens is 1. The molecule has 0 radical (unpaired) electrons. The second-order valence-corrected chi connectivity index (χ2v) is 16.8. The first-order chi connectivity index (χ1) is 33.8. The van der Waals surface area contributed by atoms with Gasteiger partial charge in [0.25, 0.3) is 0 Å². The number of hydrogen-bond donors (Lipinski definition) is 4. The van der Waals surface area contributed by atoms with Crippen LogP contribution >= 0.6 is 12.6 Å². The van der Waals surface area contributed by atoms with Crippen molar-refractivity contribution in [1.29, 1.82) is 0 Å². The van der Waals surface area contributed by atoms with Crippen LogP contribution in [0, 0.1) is 0 Å². The standard InChI is InChI=1S/C51H74N6O11S/c1-7-37-38(8-2)42-30-44-40(12-10-14-58)36(4)48(57-44)34-54-46-32-50(67-26-24-65-22-20-63-18-16-61-6)49(66-25-23-64-21-19-62-17-15-60-5)31-45(46)53-33-47-35(3)39(43(56-47)29-41(37)55-42)11-9-13-52-51(59)68-27-28-69/h29,31-34,44,55,58,69H,7-28,30H2,1-6H3,(H,52,59)/b43-29-,53-33?,54-34?. The summed E-state index contributed by atoms with van der Waals surface area (Å²) in [5.41, 5.74) is 12.4. The number of H-pyrrole nitrogens is 1. The number of ether oxygens (including phenoxy) is 9. The number of thiol groups is 1. The predicted molar refractivity (Wildman–Crippen MR) is 275 cm³/mol. The minimum Gasteiger partial charge on any atom is -0.487 e. The van der Waals surface area contributed by atoms with E-state index >= 15 is 0 Å². The molecule has 0 saturated heterocycles. The van der Waals surface area contributed by atoms with Crippen molar-refractivity contribution in [1.82, 2.24) is 10.3 Å². The van der Waals surface area contributed by atoms with E-state index in [1.807, 2.05) is 12.1 Å². The maximum absolute atomic E-state index is 12.2. The first-order valence-electron chi connectivity index (χ1n) is 24.2. The van der Waals surface area contributed by atoms with Gasteiger partial charge in [-0.25, -0.2) is 9.79 Å². The van der Waals surface area contributed by atoms with Gasteiger partial charge in [0.1, 0.15) is 19.8 Å². The third-order valence-electron chi connectivity index (χ3n) is 11.7. The van der Waals surface area contributed by atoms with E-state index in [-0.39, 0.29) is 32.5 Å². The Morgan fingerprint density at radius 1 is 0.754 bits per heavy atom. The van der Waals surface area contributed by atoms with Gasteiger partial charge in [0, 0.05) is 63.1 Å². The first-order valence-corrected chi connectivity index (χ1v) is 24.8. The smallest absolute Gasteiger partial charge is 0.407 e. The number of benzene rings is 1. The zero-order valence-electron chi connectivity index (χ0n) is 41.5. The van der Waals surface area contributed by atoms with Crippen LogP contribution in [0.1, 0.15) is 75.9 Å². The number of methoxy groups -OCH3 is 2. The van der Waals surface area contributed by atoms with E-state index in [1.165, 1.54) is 16.7 Å². The number of hydrogen-bond acceptors (Lipinski definition) is 16. The van der Waals surface area contributed by atoms with Gasteiger partial charge in [-0.1, -0.05) is 13.8 Å². The van der Waals surface area contributed by atoms with E-state index < -0.39 is 6.09 Å². The van der Waals surface area contributed by atoms with E-state index in [9.17, 15) is 9.90 Å². The van der Waals surface area contributed by atoms with Crippen LogP contribution in [-0.4, -0.2) is 165 Å². The number of alkyl carbamates (subject to hydrolysis) is 1. The van der Waals surface area contributed by atoms with Crippen LogP contribution in [-0.2, 0) is 52.4 Å². The molecule has 3 N–H and O–H groups in total. The second kappa shape index (κ2) is 30.8. The summed E-state index contributed by atoms with van der Waals surface area (Å²) in [5.74, 6) is 1.37. The van der Waals surface area contributed by atoms with Crippen LogP contribution in [0.5, 0.6) is 11.5 Å². The molecule has 4 heterocycles. The van der Waals surface area contributed by atoms with Crippen molar-refractivity contribution in [3.8, 4) is 11.5 Å². The van der Waals surface area contributed by atoms with Crippen LogP contribution in [0.15, 0.2) is 60.1 Å². The fraction of sp³-hybridized carbons (Fsp3) is 0.588. The molecule has 2 aromatic rings. The summed E-state index contributed by atoms with van der Waals surface area (Å²) in [6.07, 6.45) is 10.3. The normalized spacial score (nSPS) is 16.3. The van der Waals surface area contributed by atoms with Gasteiger partial charge < -0.3 is 58.0 Å². The number of aliphatic hydroxyl groups is 1. The number of amides is 1. The molecule has 0 fully saturated rings. The Hall–Kier alpha value is -4.66. The average Bonchev–Trinajstić information content (AvgIpc) is 3.95. The van der Waals surface area contributed by atoms with Gasteiger partial charge in [-0.3, -0.25) is 15.0 Å². The maximum Gasteiger partial charge on any atom is 0.407 e. The van der Waals surface area contributed by atoms with Gasteiger partial charge in [-0.05, 0) is 91.9 Å². The number of allylic oxidation sites excluding steroid dienone is 3. The molecule has 0 spiro atoms. The van der Waals surface area contributed by atoms with Crippen molar-refractivity contribution in [3.63, 3.8) is 0 Å². The lowest BCUT2D eigenvalue weighted by Gasteiger charge is -2.15. The zero-order valence-corrected chi connectivity index (χ0v) is 42.4. The number of aliphatic imine (C=N–C) groups is 4. The summed E-state index contributed by atoms with van der Waals surface area (Å²) in [6, 6.07) is 3.51. The van der Waals surface area contributed by atoms with Gasteiger partial charge in [0.05, 0.1) is 113 Å². The molecule has 3 aliphatic rings. The van der Waals surface area contributed by atoms with Crippen LogP contribution in [0.3, 0.4) is 0 Å². The number of nitrogens with zero attached hydrogens (tertiary/aromatic N) is 4. The summed E-state index contributed by atoms with van der Waals surface area (Å²) >= 11 is 4.14. The van der Waals surface area contributed by atoms with Crippen molar-refractivity contribution in [2.24, 2.45) is 20.0 Å². The number of aliphatic hydroxyl groups excluding tert-OH is 1. The van der Waals surface area contributed by atoms with Crippen LogP contribution in [0.4, 0.5) is 16.2 Å². The Kier molecular flexibility index (Phi) is 24.7. The van der Waals surface area contributed by atoms with Gasteiger partial charge >= 0.3 is 6.09 Å². The van der Waals surface area contributed by atoms with Gasteiger partial charge in [-0.15, -0.1) is 0 Å². The first kappa shape index (κ1) is 55.3. The zero-order chi connectivity index (χ0) is 49.2. The number of carbonyl (C=O) groups excluding carboxylic acids is 1. The van der Waals surface area contributed by atoms with Crippen molar-refractivity contribution in [2.45, 2.75) is 78.7 Å². The molecule has 5 rings (SSSR count). The van der Waals surface area contributed by atoms with Gasteiger partial charge in [0.2, 0.25) is 0 Å². The lowest BCUT2D eigenvalue weighted by Crippen LogP contribution is -2.26. The summed E-state index contributed by atoms with van der Waals surface area (Å²) < 4.78 is 50.6. The molecule has 6 bridgehead atoms. The van der Waals surface area contributed by atoms with Crippen molar-refractivity contribution in [2.75, 3.05) is 119 Å². The fourth-order valence-corrected chi connectivity index (χ4v) is 8.30. The third kappa shape index (κ3) is 17.0. The monoisotopic (exact) mass is 979 g/mol. The molecule has 1 unspecified atom stereocenters. The molecule has 1 aromatic carbocycles. The summed E-state index contributed by atoms with van der Waals surface area (Å²) in [4.78, 5) is 36.7. The third-order valence-corrected chi connectivity index (χ3v) is 11.9. The molecule has 69 heavy (non-hydrogen) atoms. The molecular weight excluding hydrogens is 905 g/mol. The molecule has 380 valence electrons. The highest BCUT2D eigenvalue weighted by molar-refractivity contribution is 7.80. The lowest BCUT2D eigenvalue weighted by atomic mass is 9.93. The Morgan fingerprint density at radius 3 is 1.90 bits per heavy atom. The Balaban J connectivity index is 1.54. The Morgan fingerprint density at radius 2 is 1.33 bits per heavy atom. The van der Waals surface area contributed by atoms with E-state index in [2.05, 4.69) is 56.7 Å². The molecule has 1 amide bonds. The summed E-state index contributed by atoms with van der Waals surface area (Å²) in [6.45, 7) is 14.1. The number of nitrogens with one attached hydrogen (secondary N) is 2. The topological polar surface area (TPSA) is 198 Å². The molecule has 3 aliphatic heterocycles. The van der Waals surface area contributed by atoms with Gasteiger partial charge in [-0.2, -0.15) is 12.6 Å². The Bertz CT molecular complexity index is 2180. The predicted octanol–water partition coefficient (Wildman–Crippen LogP) is 7.38. The molecule has 0 saturated carbocycles. The van der Waals surface area contributed by atoms with E-state index in [0.717, 1.165) is 52.4 Å². The highest BCUT2D eigenvalue weighted by Gasteiger charge is 2.28. The van der Waals surface area contributed by atoms with Gasteiger partial charge in [0.15, 0.2) is 11.5 Å². The summed E-state index contributed by atoms with van der Waals surface area (Å²) in [7, 11) is 3.27. The quantitative estimate of drug-likeness (QED) is 0.0435. The number of rotatable bonds is 31. The van der Waals surface area contributed by atoms with E-state index in [1.54, 1.807) is 26.6 Å². The average molecular weight is 979 g/mol. The van der Waals surface area contributed by atoms with Crippen LogP contribution in [0.25, 0.3) is 6.08 Å². The molecule has 1 atom stereocenters. The number of fused-ring (bicyclic) bond motifs is 5. The fourth-order valence-electron chi connectivity index (χ4n) is 8.21. The molecule has 18 heteroatoms. The second-order valence-electron chi connectivity index (χ2n) is 16.3. The molecule has 17 nitrogen and oxygen atoms in total. The minimum atomic E-state index is -0.460. The summed E-state index contributed by atoms with van der Waals surface area (Å²) in [5, 5.41) is 12.8. The van der Waals surface area contributed by atoms with Crippen LogP contribution in [0.2, 0.25) is 0 Å².